The molecule has 0 aliphatic rings. The first-order valence-electron chi connectivity index (χ1n) is 6.66. The number of hydrogen-bond acceptors (Lipinski definition) is 4. The van der Waals surface area contributed by atoms with Gasteiger partial charge in [0.25, 0.3) is 0 Å². The van der Waals surface area contributed by atoms with E-state index in [0.717, 1.165) is 0 Å². The molecule has 0 saturated heterocycles. The molecule has 21 heavy (non-hydrogen) atoms. The van der Waals surface area contributed by atoms with E-state index in [1.807, 2.05) is 0 Å². The van der Waals surface area contributed by atoms with Gasteiger partial charge in [0.05, 0.1) is 25.9 Å². The summed E-state index contributed by atoms with van der Waals surface area (Å²) in [5, 5.41) is 14.8. The number of carbonyl (C=O) groups is 1. The summed E-state index contributed by atoms with van der Waals surface area (Å²) < 4.78 is 23.4. The van der Waals surface area contributed by atoms with Crippen LogP contribution in [0.3, 0.4) is 0 Å². The molecule has 6 nitrogen and oxygen atoms in total. The predicted octanol–water partition coefficient (Wildman–Crippen LogP) is 0.821. The van der Waals surface area contributed by atoms with Gasteiger partial charge in [-0.3, -0.25) is 0 Å². The molecule has 0 heterocycles. The Bertz CT molecular complexity index is 431. The van der Waals surface area contributed by atoms with Crippen LogP contribution in [-0.2, 0) is 9.47 Å². The van der Waals surface area contributed by atoms with E-state index in [0.29, 0.717) is 26.4 Å². The zero-order valence-corrected chi connectivity index (χ0v) is 12.0. The van der Waals surface area contributed by atoms with E-state index >= 15 is 0 Å². The maximum atomic E-state index is 13.4. The first-order chi connectivity index (χ1) is 10.1. The summed E-state index contributed by atoms with van der Waals surface area (Å²) in [4.78, 5) is 11.4. The number of urea groups is 1. The summed E-state index contributed by atoms with van der Waals surface area (Å²) >= 11 is 0. The number of halogens is 1. The molecule has 1 atom stereocenters. The van der Waals surface area contributed by atoms with E-state index in [1.54, 1.807) is 13.2 Å². The van der Waals surface area contributed by atoms with Gasteiger partial charge in [0, 0.05) is 25.8 Å². The second kappa shape index (κ2) is 10.1. The Hall–Kier alpha value is -1.70. The second-order valence-corrected chi connectivity index (χ2v) is 4.28. The molecule has 1 unspecified atom stereocenters. The van der Waals surface area contributed by atoms with E-state index in [1.165, 1.54) is 18.2 Å². The van der Waals surface area contributed by atoms with E-state index < -0.39 is 18.0 Å². The number of amides is 2. The van der Waals surface area contributed by atoms with Gasteiger partial charge in [-0.2, -0.15) is 0 Å². The Balaban J connectivity index is 2.17. The number of ether oxygens (including phenoxy) is 2. The fourth-order valence-electron chi connectivity index (χ4n) is 1.59. The lowest BCUT2D eigenvalue weighted by Crippen LogP contribution is -2.39. The van der Waals surface area contributed by atoms with Crippen molar-refractivity contribution in [2.24, 2.45) is 0 Å². The minimum atomic E-state index is -1.09. The van der Waals surface area contributed by atoms with Crippen LogP contribution in [0.4, 0.5) is 9.18 Å². The quantitative estimate of drug-likeness (QED) is 0.590. The molecule has 3 N–H and O–H groups in total. The summed E-state index contributed by atoms with van der Waals surface area (Å²) in [6.45, 7) is 1.60. The van der Waals surface area contributed by atoms with Gasteiger partial charge in [-0.1, -0.05) is 18.2 Å². The zero-order chi connectivity index (χ0) is 15.5. The van der Waals surface area contributed by atoms with Gasteiger partial charge in [-0.05, 0) is 6.07 Å². The van der Waals surface area contributed by atoms with Crippen LogP contribution < -0.4 is 10.6 Å². The first kappa shape index (κ1) is 17.4. The molecule has 1 aromatic carbocycles. The SMILES string of the molecule is COCCOCCNC(=O)NCC(O)c1ccccc1F. The average molecular weight is 300 g/mol. The van der Waals surface area contributed by atoms with Crippen LogP contribution in [0.25, 0.3) is 0 Å². The number of methoxy groups -OCH3 is 1. The minimum Gasteiger partial charge on any atom is -0.386 e. The maximum Gasteiger partial charge on any atom is 0.314 e. The Kier molecular flexibility index (Phi) is 8.34. The van der Waals surface area contributed by atoms with Gasteiger partial charge < -0.3 is 25.2 Å². The van der Waals surface area contributed by atoms with Crippen molar-refractivity contribution in [1.29, 1.82) is 0 Å². The first-order valence-corrected chi connectivity index (χ1v) is 6.66. The normalized spacial score (nSPS) is 12.0. The van der Waals surface area contributed by atoms with E-state index in [2.05, 4.69) is 10.6 Å². The van der Waals surface area contributed by atoms with Crippen molar-refractivity contribution in [2.75, 3.05) is 40.0 Å². The number of rotatable bonds is 9. The standard InChI is InChI=1S/C14H21FN2O4/c1-20-8-9-21-7-6-16-14(19)17-10-13(18)11-4-2-3-5-12(11)15/h2-5,13,18H,6-10H2,1H3,(H2,16,17,19). The van der Waals surface area contributed by atoms with E-state index in [-0.39, 0.29) is 12.1 Å². The Morgan fingerprint density at radius 1 is 1.29 bits per heavy atom. The lowest BCUT2D eigenvalue weighted by atomic mass is 10.1. The van der Waals surface area contributed by atoms with Crippen LogP contribution in [0, 0.1) is 5.82 Å². The van der Waals surface area contributed by atoms with Gasteiger partial charge in [-0.15, -0.1) is 0 Å². The molecule has 0 radical (unpaired) electrons. The van der Waals surface area contributed by atoms with Crippen molar-refractivity contribution in [3.8, 4) is 0 Å². The topological polar surface area (TPSA) is 79.8 Å². The Morgan fingerprint density at radius 3 is 2.76 bits per heavy atom. The maximum absolute atomic E-state index is 13.4. The van der Waals surface area contributed by atoms with Crippen molar-refractivity contribution < 1.29 is 23.8 Å². The summed E-state index contributed by atoms with van der Waals surface area (Å²) in [6.07, 6.45) is -1.09. The number of carbonyl (C=O) groups excluding carboxylic acids is 1. The molecule has 0 aromatic heterocycles. The largest absolute Gasteiger partial charge is 0.386 e. The zero-order valence-electron chi connectivity index (χ0n) is 12.0. The van der Waals surface area contributed by atoms with Crippen molar-refractivity contribution >= 4 is 6.03 Å². The molecule has 0 bridgehead atoms. The number of benzene rings is 1. The van der Waals surface area contributed by atoms with Crippen LogP contribution >= 0.6 is 0 Å². The number of hydrogen-bond donors (Lipinski definition) is 3. The molecular formula is C14H21FN2O4. The fourth-order valence-corrected chi connectivity index (χ4v) is 1.59. The van der Waals surface area contributed by atoms with Gasteiger partial charge in [0.15, 0.2) is 0 Å². The van der Waals surface area contributed by atoms with Crippen molar-refractivity contribution in [3.05, 3.63) is 35.6 Å². The van der Waals surface area contributed by atoms with Crippen LogP contribution in [0.15, 0.2) is 24.3 Å². The van der Waals surface area contributed by atoms with E-state index in [9.17, 15) is 14.3 Å². The highest BCUT2D eigenvalue weighted by molar-refractivity contribution is 5.73. The van der Waals surface area contributed by atoms with Crippen molar-refractivity contribution in [1.82, 2.24) is 10.6 Å². The van der Waals surface area contributed by atoms with Crippen molar-refractivity contribution in [2.45, 2.75) is 6.10 Å². The van der Waals surface area contributed by atoms with Gasteiger partial charge in [0.1, 0.15) is 5.82 Å². The third kappa shape index (κ3) is 7.03. The number of aliphatic hydroxyl groups excluding tert-OH is 1. The molecule has 7 heteroatoms. The minimum absolute atomic E-state index is 0.0721. The fraction of sp³-hybridized carbons (Fsp3) is 0.500. The second-order valence-electron chi connectivity index (χ2n) is 4.28. The van der Waals surface area contributed by atoms with Crippen LogP contribution in [-0.4, -0.2) is 51.2 Å². The van der Waals surface area contributed by atoms with Gasteiger partial charge in [-0.25, -0.2) is 9.18 Å². The summed E-state index contributed by atoms with van der Waals surface area (Å²) in [6, 6.07) is 5.45. The molecule has 0 aliphatic heterocycles. The van der Waals surface area contributed by atoms with Crippen molar-refractivity contribution in [3.63, 3.8) is 0 Å². The predicted molar refractivity (Wildman–Crippen MR) is 75.5 cm³/mol. The lowest BCUT2D eigenvalue weighted by Gasteiger charge is -2.13. The number of aliphatic hydroxyl groups is 1. The highest BCUT2D eigenvalue weighted by Gasteiger charge is 2.12. The molecule has 0 spiro atoms. The smallest absolute Gasteiger partial charge is 0.314 e. The monoisotopic (exact) mass is 300 g/mol. The molecule has 0 fully saturated rings. The number of nitrogens with one attached hydrogen (secondary N) is 2. The Morgan fingerprint density at radius 2 is 2.05 bits per heavy atom. The molecule has 118 valence electrons. The molecule has 0 saturated carbocycles. The molecule has 1 rings (SSSR count). The summed E-state index contributed by atoms with van der Waals surface area (Å²) in [7, 11) is 1.58. The van der Waals surface area contributed by atoms with Crippen LogP contribution in [0.5, 0.6) is 0 Å². The molecule has 1 aromatic rings. The van der Waals surface area contributed by atoms with Gasteiger partial charge in [0.2, 0.25) is 0 Å². The lowest BCUT2D eigenvalue weighted by molar-refractivity contribution is 0.0726. The average Bonchev–Trinajstić information content (AvgIpc) is 2.49. The molecular weight excluding hydrogens is 279 g/mol. The van der Waals surface area contributed by atoms with E-state index in [4.69, 9.17) is 9.47 Å². The van der Waals surface area contributed by atoms with Crippen LogP contribution in [0.1, 0.15) is 11.7 Å². The molecule has 0 aliphatic carbocycles. The summed E-state index contributed by atoms with van der Waals surface area (Å²) in [5.41, 5.74) is 0.153. The highest BCUT2D eigenvalue weighted by atomic mass is 19.1. The highest BCUT2D eigenvalue weighted by Crippen LogP contribution is 2.15. The third-order valence-electron chi connectivity index (χ3n) is 2.68. The van der Waals surface area contributed by atoms with Crippen LogP contribution in [0.2, 0.25) is 0 Å². The van der Waals surface area contributed by atoms with Gasteiger partial charge >= 0.3 is 6.03 Å². The Labute approximate surface area is 123 Å². The molecule has 2 amide bonds. The summed E-state index contributed by atoms with van der Waals surface area (Å²) in [5.74, 6) is -0.501. The third-order valence-corrected chi connectivity index (χ3v) is 2.68.